The number of hydrogen-bond acceptors (Lipinski definition) is 3. The van der Waals surface area contributed by atoms with Gasteiger partial charge in [0.05, 0.1) is 14.2 Å². The second kappa shape index (κ2) is 6.64. The third-order valence-electron chi connectivity index (χ3n) is 4.00. The SMILES string of the molecule is CC[C@H]1CCCCN1C(=O)c1c(OC)cccc1OC. The average Bonchev–Trinajstić information content (AvgIpc) is 2.53. The lowest BCUT2D eigenvalue weighted by Crippen LogP contribution is -2.43. The first kappa shape index (κ1) is 14.7. The highest BCUT2D eigenvalue weighted by Gasteiger charge is 2.30. The van der Waals surface area contributed by atoms with Gasteiger partial charge in [-0.05, 0) is 37.8 Å². The standard InChI is InChI=1S/C16H23NO3/c1-4-12-8-5-6-11-17(12)16(18)15-13(19-2)9-7-10-14(15)20-3/h7,9-10,12H,4-6,8,11H2,1-3H3/t12-/m0/s1. The number of nitrogens with zero attached hydrogens (tertiary/aromatic N) is 1. The van der Waals surface area contributed by atoms with Crippen molar-refractivity contribution in [2.45, 2.75) is 38.6 Å². The van der Waals surface area contributed by atoms with Crippen LogP contribution in [0.4, 0.5) is 0 Å². The van der Waals surface area contributed by atoms with E-state index in [2.05, 4.69) is 6.92 Å². The number of piperidine rings is 1. The van der Waals surface area contributed by atoms with Crippen molar-refractivity contribution in [1.29, 1.82) is 0 Å². The van der Waals surface area contributed by atoms with Gasteiger partial charge < -0.3 is 14.4 Å². The van der Waals surface area contributed by atoms with Gasteiger partial charge in [0.15, 0.2) is 0 Å². The van der Waals surface area contributed by atoms with Crippen LogP contribution in [0.1, 0.15) is 43.0 Å². The maximum Gasteiger partial charge on any atom is 0.261 e. The molecule has 0 spiro atoms. The number of ether oxygens (including phenoxy) is 2. The van der Waals surface area contributed by atoms with Crippen LogP contribution in [0.2, 0.25) is 0 Å². The maximum atomic E-state index is 12.9. The van der Waals surface area contributed by atoms with Crippen molar-refractivity contribution in [2.75, 3.05) is 20.8 Å². The Kier molecular flexibility index (Phi) is 4.88. The molecule has 2 rings (SSSR count). The van der Waals surface area contributed by atoms with Crippen molar-refractivity contribution in [3.63, 3.8) is 0 Å². The van der Waals surface area contributed by atoms with E-state index in [4.69, 9.17) is 9.47 Å². The van der Waals surface area contributed by atoms with Crippen molar-refractivity contribution in [2.24, 2.45) is 0 Å². The zero-order chi connectivity index (χ0) is 14.5. The molecule has 0 bridgehead atoms. The molecule has 0 N–H and O–H groups in total. The predicted octanol–water partition coefficient (Wildman–Crippen LogP) is 3.11. The molecule has 110 valence electrons. The molecule has 1 fully saturated rings. The molecule has 1 aromatic carbocycles. The summed E-state index contributed by atoms with van der Waals surface area (Å²) in [5.74, 6) is 1.18. The number of benzene rings is 1. The lowest BCUT2D eigenvalue weighted by molar-refractivity contribution is 0.0601. The Bertz CT molecular complexity index is 451. The Hall–Kier alpha value is -1.71. The minimum Gasteiger partial charge on any atom is -0.496 e. The van der Waals surface area contributed by atoms with Crippen LogP contribution in [0.15, 0.2) is 18.2 Å². The monoisotopic (exact) mass is 277 g/mol. The quantitative estimate of drug-likeness (QED) is 0.849. The number of carbonyl (C=O) groups excluding carboxylic acids is 1. The van der Waals surface area contributed by atoms with E-state index < -0.39 is 0 Å². The van der Waals surface area contributed by atoms with Crippen LogP contribution in [-0.2, 0) is 0 Å². The van der Waals surface area contributed by atoms with Gasteiger partial charge in [-0.25, -0.2) is 0 Å². The highest BCUT2D eigenvalue weighted by molar-refractivity contribution is 6.00. The molecule has 0 unspecified atom stereocenters. The van der Waals surface area contributed by atoms with Crippen molar-refractivity contribution in [3.05, 3.63) is 23.8 Å². The smallest absolute Gasteiger partial charge is 0.261 e. The highest BCUT2D eigenvalue weighted by Crippen LogP contribution is 2.32. The molecule has 1 atom stereocenters. The van der Waals surface area contributed by atoms with Crippen LogP contribution in [0.3, 0.4) is 0 Å². The normalized spacial score (nSPS) is 18.8. The number of rotatable bonds is 4. The molecule has 0 aliphatic carbocycles. The molecule has 1 saturated heterocycles. The van der Waals surface area contributed by atoms with Crippen molar-refractivity contribution in [3.8, 4) is 11.5 Å². The zero-order valence-electron chi connectivity index (χ0n) is 12.5. The summed E-state index contributed by atoms with van der Waals surface area (Å²) in [6, 6.07) is 5.77. The Morgan fingerprint density at radius 1 is 1.25 bits per heavy atom. The van der Waals surface area contributed by atoms with Gasteiger partial charge in [0, 0.05) is 12.6 Å². The van der Waals surface area contributed by atoms with E-state index in [0.717, 1.165) is 25.8 Å². The van der Waals surface area contributed by atoms with Crippen LogP contribution < -0.4 is 9.47 Å². The fourth-order valence-corrected chi connectivity index (χ4v) is 2.90. The summed E-state index contributed by atoms with van der Waals surface area (Å²) in [4.78, 5) is 14.9. The molecular formula is C16H23NO3. The molecule has 4 heteroatoms. The minimum atomic E-state index is 0.0193. The fraction of sp³-hybridized carbons (Fsp3) is 0.562. The van der Waals surface area contributed by atoms with Gasteiger partial charge in [-0.1, -0.05) is 13.0 Å². The van der Waals surface area contributed by atoms with Crippen LogP contribution in [0.25, 0.3) is 0 Å². The van der Waals surface area contributed by atoms with Crippen LogP contribution in [0.5, 0.6) is 11.5 Å². The summed E-state index contributed by atoms with van der Waals surface area (Å²) in [6.07, 6.45) is 4.34. The molecule has 20 heavy (non-hydrogen) atoms. The third-order valence-corrected chi connectivity index (χ3v) is 4.00. The summed E-state index contributed by atoms with van der Waals surface area (Å²) in [5, 5.41) is 0. The molecule has 0 saturated carbocycles. The van der Waals surface area contributed by atoms with E-state index in [0.29, 0.717) is 23.1 Å². The van der Waals surface area contributed by atoms with Crippen molar-refractivity contribution >= 4 is 5.91 Å². The van der Waals surface area contributed by atoms with Crippen molar-refractivity contribution in [1.82, 2.24) is 4.90 Å². The van der Waals surface area contributed by atoms with Gasteiger partial charge in [-0.2, -0.15) is 0 Å². The van der Waals surface area contributed by atoms with Crippen LogP contribution >= 0.6 is 0 Å². The predicted molar refractivity (Wildman–Crippen MR) is 78.5 cm³/mol. The Balaban J connectivity index is 2.36. The molecule has 0 aromatic heterocycles. The first-order chi connectivity index (χ1) is 9.72. The number of methoxy groups -OCH3 is 2. The van der Waals surface area contributed by atoms with E-state index >= 15 is 0 Å². The van der Waals surface area contributed by atoms with E-state index in [-0.39, 0.29) is 5.91 Å². The summed E-state index contributed by atoms with van der Waals surface area (Å²) >= 11 is 0. The van der Waals surface area contributed by atoms with Gasteiger partial charge in [0.1, 0.15) is 17.1 Å². The highest BCUT2D eigenvalue weighted by atomic mass is 16.5. The van der Waals surface area contributed by atoms with Crippen LogP contribution in [-0.4, -0.2) is 37.6 Å². The second-order valence-corrected chi connectivity index (χ2v) is 5.09. The Morgan fingerprint density at radius 2 is 1.90 bits per heavy atom. The Morgan fingerprint density at radius 3 is 2.45 bits per heavy atom. The number of amides is 1. The largest absolute Gasteiger partial charge is 0.496 e. The summed E-state index contributed by atoms with van der Waals surface area (Å²) in [6.45, 7) is 2.95. The fourth-order valence-electron chi connectivity index (χ4n) is 2.90. The van der Waals surface area contributed by atoms with Gasteiger partial charge in [-0.3, -0.25) is 4.79 Å². The van der Waals surface area contributed by atoms with E-state index in [1.807, 2.05) is 11.0 Å². The number of carbonyl (C=O) groups is 1. The molecule has 1 aromatic rings. The van der Waals surface area contributed by atoms with Gasteiger partial charge in [0.25, 0.3) is 5.91 Å². The number of likely N-dealkylation sites (tertiary alicyclic amines) is 1. The third kappa shape index (κ3) is 2.74. The van der Waals surface area contributed by atoms with E-state index in [1.165, 1.54) is 6.42 Å². The molecule has 1 aliphatic rings. The maximum absolute atomic E-state index is 12.9. The molecular weight excluding hydrogens is 254 g/mol. The summed E-state index contributed by atoms with van der Waals surface area (Å²) in [5.41, 5.74) is 0.540. The van der Waals surface area contributed by atoms with Crippen LogP contribution in [0, 0.1) is 0 Å². The number of hydrogen-bond donors (Lipinski definition) is 0. The molecule has 1 heterocycles. The average molecular weight is 277 g/mol. The summed E-state index contributed by atoms with van der Waals surface area (Å²) in [7, 11) is 3.16. The first-order valence-corrected chi connectivity index (χ1v) is 7.24. The van der Waals surface area contributed by atoms with Gasteiger partial charge in [-0.15, -0.1) is 0 Å². The first-order valence-electron chi connectivity index (χ1n) is 7.24. The van der Waals surface area contributed by atoms with E-state index in [9.17, 15) is 4.79 Å². The second-order valence-electron chi connectivity index (χ2n) is 5.09. The lowest BCUT2D eigenvalue weighted by Gasteiger charge is -2.35. The minimum absolute atomic E-state index is 0.0193. The molecule has 1 amide bonds. The Labute approximate surface area is 120 Å². The molecule has 4 nitrogen and oxygen atoms in total. The zero-order valence-corrected chi connectivity index (χ0v) is 12.5. The van der Waals surface area contributed by atoms with Crippen molar-refractivity contribution < 1.29 is 14.3 Å². The van der Waals surface area contributed by atoms with E-state index in [1.54, 1.807) is 26.4 Å². The summed E-state index contributed by atoms with van der Waals surface area (Å²) < 4.78 is 10.7. The lowest BCUT2D eigenvalue weighted by atomic mass is 9.98. The molecule has 1 aliphatic heterocycles. The van der Waals surface area contributed by atoms with Gasteiger partial charge in [0.2, 0.25) is 0 Å². The molecule has 0 radical (unpaired) electrons. The van der Waals surface area contributed by atoms with Gasteiger partial charge >= 0.3 is 0 Å². The topological polar surface area (TPSA) is 38.8 Å².